The molecule has 7 nitrogen and oxygen atoms in total. The van der Waals surface area contributed by atoms with Crippen LogP contribution in [0.3, 0.4) is 0 Å². The first-order chi connectivity index (χ1) is 13.2. The standard InChI is InChI=1S/C20H20N6O/c27-19-10-16(26-6-5-21-12-26)3-4-17(19)18-11-22-20(25-24-18)9-13-7-14-1-2-15(8-13)23-14/h3-6,9-12,14-15,23,27H,1-2,7-8H2/b13-9-/t14-,15+/m1/s1. The molecular weight excluding hydrogens is 340 g/mol. The van der Waals surface area contributed by atoms with Gasteiger partial charge in [0.05, 0.1) is 18.2 Å². The summed E-state index contributed by atoms with van der Waals surface area (Å²) in [6.07, 6.45) is 13.6. The number of nitrogens with zero attached hydrogens (tertiary/aromatic N) is 5. The highest BCUT2D eigenvalue weighted by molar-refractivity contribution is 5.68. The second kappa shape index (κ2) is 6.59. The van der Waals surface area contributed by atoms with E-state index in [0.29, 0.717) is 29.2 Å². The third-order valence-electron chi connectivity index (χ3n) is 5.32. The fourth-order valence-corrected chi connectivity index (χ4v) is 4.02. The van der Waals surface area contributed by atoms with Crippen molar-refractivity contribution in [3.05, 3.63) is 54.5 Å². The van der Waals surface area contributed by atoms with E-state index in [4.69, 9.17) is 0 Å². The molecule has 2 bridgehead atoms. The molecule has 3 aromatic rings. The van der Waals surface area contributed by atoms with Crippen LogP contribution in [0.2, 0.25) is 0 Å². The third kappa shape index (κ3) is 3.21. The van der Waals surface area contributed by atoms with E-state index in [0.717, 1.165) is 18.5 Å². The van der Waals surface area contributed by atoms with Crippen molar-refractivity contribution in [1.82, 2.24) is 30.0 Å². The highest BCUT2D eigenvalue weighted by Gasteiger charge is 2.30. The van der Waals surface area contributed by atoms with Gasteiger partial charge in [0.2, 0.25) is 0 Å². The molecule has 2 saturated heterocycles. The molecule has 27 heavy (non-hydrogen) atoms. The lowest BCUT2D eigenvalue weighted by Crippen LogP contribution is -2.34. The second-order valence-corrected chi connectivity index (χ2v) is 7.22. The molecule has 136 valence electrons. The summed E-state index contributed by atoms with van der Waals surface area (Å²) in [6, 6.07) is 6.61. The number of rotatable bonds is 3. The summed E-state index contributed by atoms with van der Waals surface area (Å²) in [4.78, 5) is 8.46. The van der Waals surface area contributed by atoms with Gasteiger partial charge in [-0.05, 0) is 43.9 Å². The van der Waals surface area contributed by atoms with Gasteiger partial charge in [-0.15, -0.1) is 10.2 Å². The van der Waals surface area contributed by atoms with Crippen LogP contribution in [0.25, 0.3) is 23.0 Å². The minimum atomic E-state index is 0.137. The Kier molecular flexibility index (Phi) is 3.94. The largest absolute Gasteiger partial charge is 0.507 e. The number of hydrogen-bond acceptors (Lipinski definition) is 6. The summed E-state index contributed by atoms with van der Waals surface area (Å²) in [7, 11) is 0. The van der Waals surface area contributed by atoms with Crippen molar-refractivity contribution >= 4 is 6.08 Å². The highest BCUT2D eigenvalue weighted by atomic mass is 16.3. The van der Waals surface area contributed by atoms with Gasteiger partial charge in [-0.25, -0.2) is 9.97 Å². The molecule has 2 fully saturated rings. The van der Waals surface area contributed by atoms with E-state index < -0.39 is 0 Å². The Balaban J connectivity index is 1.37. The second-order valence-electron chi connectivity index (χ2n) is 7.22. The van der Waals surface area contributed by atoms with Crippen LogP contribution in [-0.2, 0) is 0 Å². The van der Waals surface area contributed by atoms with Crippen LogP contribution >= 0.6 is 0 Å². The zero-order valence-electron chi connectivity index (χ0n) is 14.8. The van der Waals surface area contributed by atoms with E-state index in [9.17, 15) is 5.11 Å². The monoisotopic (exact) mass is 360 g/mol. The van der Waals surface area contributed by atoms with E-state index >= 15 is 0 Å². The van der Waals surface area contributed by atoms with E-state index in [1.54, 1.807) is 24.8 Å². The number of hydrogen-bond donors (Lipinski definition) is 2. The first-order valence-electron chi connectivity index (χ1n) is 9.21. The van der Waals surface area contributed by atoms with Crippen LogP contribution in [0.15, 0.2) is 48.7 Å². The molecule has 4 heterocycles. The Morgan fingerprint density at radius 3 is 2.67 bits per heavy atom. The van der Waals surface area contributed by atoms with Crippen LogP contribution in [0.4, 0.5) is 0 Å². The number of nitrogens with one attached hydrogen (secondary N) is 1. The molecule has 1 aromatic carbocycles. The maximum Gasteiger partial charge on any atom is 0.174 e. The van der Waals surface area contributed by atoms with E-state index in [-0.39, 0.29) is 5.75 Å². The lowest BCUT2D eigenvalue weighted by atomic mass is 9.99. The van der Waals surface area contributed by atoms with Gasteiger partial charge in [0.15, 0.2) is 5.82 Å². The van der Waals surface area contributed by atoms with E-state index in [1.807, 2.05) is 22.9 Å². The lowest BCUT2D eigenvalue weighted by Gasteiger charge is -2.23. The summed E-state index contributed by atoms with van der Waals surface area (Å²) >= 11 is 0. The fraction of sp³-hybridized carbons (Fsp3) is 0.300. The van der Waals surface area contributed by atoms with Crippen molar-refractivity contribution in [1.29, 1.82) is 0 Å². The number of benzene rings is 1. The zero-order chi connectivity index (χ0) is 18.2. The summed E-state index contributed by atoms with van der Waals surface area (Å²) in [5, 5.41) is 22.5. The predicted molar refractivity (Wildman–Crippen MR) is 101 cm³/mol. The molecule has 2 N–H and O–H groups in total. The Bertz CT molecular complexity index is 966. The number of piperidine rings is 1. The van der Waals surface area contributed by atoms with Crippen molar-refractivity contribution in [2.24, 2.45) is 0 Å². The number of aromatic hydroxyl groups is 1. The van der Waals surface area contributed by atoms with Crippen LogP contribution in [0.5, 0.6) is 5.75 Å². The molecule has 0 amide bonds. The summed E-state index contributed by atoms with van der Waals surface area (Å²) < 4.78 is 1.83. The molecule has 5 rings (SSSR count). The molecule has 0 saturated carbocycles. The summed E-state index contributed by atoms with van der Waals surface area (Å²) in [6.45, 7) is 0. The Morgan fingerprint density at radius 2 is 2.00 bits per heavy atom. The van der Waals surface area contributed by atoms with Gasteiger partial charge in [-0.2, -0.15) is 0 Å². The van der Waals surface area contributed by atoms with Crippen LogP contribution in [-0.4, -0.2) is 41.9 Å². The number of phenols is 1. The SMILES string of the molecule is Oc1cc(-n2ccnc2)ccc1-c1cnc(/C=C2/C[C@H]3CC[C@@H](C2)N3)nn1. The molecule has 2 atom stereocenters. The number of aromatic nitrogens is 5. The zero-order valence-corrected chi connectivity index (χ0v) is 14.8. The molecule has 0 spiro atoms. The van der Waals surface area contributed by atoms with Crippen molar-refractivity contribution < 1.29 is 5.11 Å². The van der Waals surface area contributed by atoms with Crippen LogP contribution in [0.1, 0.15) is 31.5 Å². The quantitative estimate of drug-likeness (QED) is 0.747. The molecule has 2 aliphatic heterocycles. The Labute approximate surface area is 156 Å². The van der Waals surface area contributed by atoms with Gasteiger partial charge in [0.25, 0.3) is 0 Å². The van der Waals surface area contributed by atoms with Gasteiger partial charge in [0.1, 0.15) is 11.4 Å². The van der Waals surface area contributed by atoms with Crippen LogP contribution in [0, 0.1) is 0 Å². The van der Waals surface area contributed by atoms with Crippen molar-refractivity contribution in [3.8, 4) is 22.7 Å². The first kappa shape index (κ1) is 16.1. The first-order valence-corrected chi connectivity index (χ1v) is 9.21. The van der Waals surface area contributed by atoms with Gasteiger partial charge in [0, 0.05) is 36.1 Å². The Hall–Kier alpha value is -3.06. The normalized spacial score (nSPS) is 23.0. The van der Waals surface area contributed by atoms with Gasteiger partial charge < -0.3 is 15.0 Å². The van der Waals surface area contributed by atoms with E-state index in [1.165, 1.54) is 18.4 Å². The lowest BCUT2D eigenvalue weighted by molar-refractivity contribution is 0.475. The minimum absolute atomic E-state index is 0.137. The van der Waals surface area contributed by atoms with Crippen molar-refractivity contribution in [2.75, 3.05) is 0 Å². The average Bonchev–Trinajstić information content (AvgIpc) is 3.32. The van der Waals surface area contributed by atoms with Gasteiger partial charge in [-0.1, -0.05) is 5.57 Å². The molecule has 7 heteroatoms. The predicted octanol–water partition coefficient (Wildman–Crippen LogP) is 2.73. The molecule has 2 aliphatic rings. The smallest absolute Gasteiger partial charge is 0.174 e. The Morgan fingerprint density at radius 1 is 1.15 bits per heavy atom. The summed E-state index contributed by atoms with van der Waals surface area (Å²) in [5.74, 6) is 0.767. The third-order valence-corrected chi connectivity index (χ3v) is 5.32. The number of fused-ring (bicyclic) bond motifs is 2. The molecule has 2 aromatic heterocycles. The summed E-state index contributed by atoms with van der Waals surface area (Å²) in [5.41, 5.74) is 3.38. The van der Waals surface area contributed by atoms with Gasteiger partial charge in [-0.3, -0.25) is 0 Å². The van der Waals surface area contributed by atoms with Gasteiger partial charge >= 0.3 is 0 Å². The van der Waals surface area contributed by atoms with Crippen molar-refractivity contribution in [2.45, 2.75) is 37.8 Å². The molecule has 0 radical (unpaired) electrons. The average molecular weight is 360 g/mol. The molecular formula is C20H20N6O. The van der Waals surface area contributed by atoms with Crippen molar-refractivity contribution in [3.63, 3.8) is 0 Å². The molecule has 0 aliphatic carbocycles. The van der Waals surface area contributed by atoms with Crippen LogP contribution < -0.4 is 5.32 Å². The fourth-order valence-electron chi connectivity index (χ4n) is 4.02. The number of imidazole rings is 1. The minimum Gasteiger partial charge on any atom is -0.507 e. The topological polar surface area (TPSA) is 88.8 Å². The maximum absolute atomic E-state index is 10.4. The molecule has 0 unspecified atom stereocenters. The van der Waals surface area contributed by atoms with E-state index in [2.05, 4.69) is 31.6 Å². The maximum atomic E-state index is 10.4. The number of phenolic OH excluding ortho intramolecular Hbond substituents is 1. The highest BCUT2D eigenvalue weighted by Crippen LogP contribution is 2.32.